The fourth-order valence-corrected chi connectivity index (χ4v) is 4.31. The highest BCUT2D eigenvalue weighted by Gasteiger charge is 2.43. The number of esters is 1. The number of benzene rings is 1. The molecule has 4 rings (SSSR count). The Morgan fingerprint density at radius 3 is 2.69 bits per heavy atom. The molecule has 2 heterocycles. The van der Waals surface area contributed by atoms with E-state index in [9.17, 15) is 9.90 Å². The molecule has 1 saturated heterocycles. The molecule has 1 aromatic heterocycles. The summed E-state index contributed by atoms with van der Waals surface area (Å²) in [7, 11) is 2.93. The summed E-state index contributed by atoms with van der Waals surface area (Å²) < 4.78 is 16.0. The van der Waals surface area contributed by atoms with Crippen molar-refractivity contribution in [2.45, 2.75) is 25.0 Å². The lowest BCUT2D eigenvalue weighted by molar-refractivity contribution is -0.0231. The van der Waals surface area contributed by atoms with E-state index in [4.69, 9.17) is 14.2 Å². The average molecular weight is 399 g/mol. The molecule has 4 atom stereocenters. The number of aliphatic hydroxyl groups is 1. The number of fused-ring (bicyclic) bond motifs is 1. The fourth-order valence-electron chi connectivity index (χ4n) is 4.31. The molecule has 2 aliphatic rings. The van der Waals surface area contributed by atoms with Gasteiger partial charge < -0.3 is 24.2 Å². The third-order valence-corrected chi connectivity index (χ3v) is 5.79. The van der Waals surface area contributed by atoms with Gasteiger partial charge in [0.25, 0.3) is 0 Å². The first-order valence-electron chi connectivity index (χ1n) is 9.71. The summed E-state index contributed by atoms with van der Waals surface area (Å²) in [4.78, 5) is 22.4. The number of ether oxygens (including phenoxy) is 3. The second kappa shape index (κ2) is 8.24. The number of aromatic nitrogens is 2. The highest BCUT2D eigenvalue weighted by Crippen LogP contribution is 2.39. The maximum absolute atomic E-state index is 11.7. The van der Waals surface area contributed by atoms with Crippen LogP contribution in [0.3, 0.4) is 0 Å². The van der Waals surface area contributed by atoms with Crippen LogP contribution in [-0.2, 0) is 4.74 Å². The minimum atomic E-state index is -0.557. The van der Waals surface area contributed by atoms with Crippen LogP contribution in [0.4, 0.5) is 5.82 Å². The van der Waals surface area contributed by atoms with Crippen LogP contribution in [0, 0.1) is 11.8 Å². The van der Waals surface area contributed by atoms with E-state index in [0.29, 0.717) is 35.4 Å². The Balaban J connectivity index is 1.43. The predicted octanol–water partition coefficient (Wildman–Crippen LogP) is 1.93. The summed E-state index contributed by atoms with van der Waals surface area (Å²) in [5, 5.41) is 10.7. The lowest BCUT2D eigenvalue weighted by Gasteiger charge is -2.35. The molecule has 1 N–H and O–H groups in total. The van der Waals surface area contributed by atoms with Crippen molar-refractivity contribution in [2.24, 2.45) is 11.8 Å². The molecule has 0 bridgehead atoms. The van der Waals surface area contributed by atoms with E-state index >= 15 is 0 Å². The predicted molar refractivity (Wildman–Crippen MR) is 105 cm³/mol. The van der Waals surface area contributed by atoms with E-state index in [2.05, 4.69) is 14.9 Å². The van der Waals surface area contributed by atoms with Crippen molar-refractivity contribution in [3.05, 3.63) is 42.2 Å². The molecular weight excluding hydrogens is 374 g/mol. The highest BCUT2D eigenvalue weighted by molar-refractivity contribution is 5.89. The molecule has 1 saturated carbocycles. The molecule has 8 heteroatoms. The number of anilines is 1. The zero-order chi connectivity index (χ0) is 20.4. The van der Waals surface area contributed by atoms with Gasteiger partial charge in [-0.3, -0.25) is 0 Å². The van der Waals surface area contributed by atoms with Crippen LogP contribution < -0.4 is 14.4 Å². The number of nitrogens with zero attached hydrogens (tertiary/aromatic N) is 3. The van der Waals surface area contributed by atoms with Gasteiger partial charge in [0.1, 0.15) is 24.0 Å². The van der Waals surface area contributed by atoms with Gasteiger partial charge in [0.05, 0.1) is 25.9 Å². The molecule has 2 fully saturated rings. The summed E-state index contributed by atoms with van der Waals surface area (Å²) >= 11 is 0. The summed E-state index contributed by atoms with van der Waals surface area (Å²) in [5.74, 6) is 2.30. The second-order valence-electron chi connectivity index (χ2n) is 7.56. The maximum atomic E-state index is 11.7. The second-order valence-corrected chi connectivity index (χ2v) is 7.56. The Bertz CT molecular complexity index is 877. The topological polar surface area (TPSA) is 94.0 Å². The average Bonchev–Trinajstić information content (AvgIpc) is 3.16. The van der Waals surface area contributed by atoms with Crippen molar-refractivity contribution in [3.63, 3.8) is 0 Å². The van der Waals surface area contributed by atoms with Gasteiger partial charge in [0, 0.05) is 19.2 Å². The van der Waals surface area contributed by atoms with Crippen LogP contribution in [0.1, 0.15) is 23.2 Å². The molecule has 154 valence electrons. The number of rotatable bonds is 5. The Morgan fingerprint density at radius 1 is 1.14 bits per heavy atom. The van der Waals surface area contributed by atoms with Crippen LogP contribution >= 0.6 is 0 Å². The summed E-state index contributed by atoms with van der Waals surface area (Å²) in [6.45, 7) is 1.69. The van der Waals surface area contributed by atoms with Gasteiger partial charge in [0.15, 0.2) is 0 Å². The molecule has 1 aliphatic carbocycles. The molecule has 2 aromatic rings. The van der Waals surface area contributed by atoms with E-state index in [1.165, 1.54) is 13.4 Å². The number of methoxy groups -OCH3 is 2. The lowest BCUT2D eigenvalue weighted by Crippen LogP contribution is -2.42. The van der Waals surface area contributed by atoms with Crippen molar-refractivity contribution in [1.82, 2.24) is 9.97 Å². The molecular formula is C21H25N3O5. The van der Waals surface area contributed by atoms with Gasteiger partial charge in [-0.2, -0.15) is 0 Å². The smallest absolute Gasteiger partial charge is 0.337 e. The Kier molecular flexibility index (Phi) is 5.53. The standard InChI is InChI=1S/C21H25N3O5/c1-27-20-9-19(22-12-23-20)24-10-14-7-17(25)18(8-15(14)11-24)29-16-5-3-4-13(6-16)21(26)28-2/h3-6,9,12,14-15,17-18,25H,7-8,10-11H2,1-2H3/t14-,15+,17+,18+/m0/s1. The third-order valence-electron chi connectivity index (χ3n) is 5.79. The van der Waals surface area contributed by atoms with E-state index in [-0.39, 0.29) is 6.10 Å². The van der Waals surface area contributed by atoms with Crippen molar-refractivity contribution in [2.75, 3.05) is 32.2 Å². The Labute approximate surface area is 169 Å². The first-order valence-corrected chi connectivity index (χ1v) is 9.71. The molecule has 1 aliphatic heterocycles. The van der Waals surface area contributed by atoms with Crippen LogP contribution in [0.25, 0.3) is 0 Å². The minimum absolute atomic E-state index is 0.316. The van der Waals surface area contributed by atoms with Gasteiger partial charge in [-0.15, -0.1) is 0 Å². The van der Waals surface area contributed by atoms with E-state index < -0.39 is 12.1 Å². The minimum Gasteiger partial charge on any atom is -0.488 e. The quantitative estimate of drug-likeness (QED) is 0.763. The number of hydrogen-bond acceptors (Lipinski definition) is 8. The summed E-state index contributed by atoms with van der Waals surface area (Å²) in [6.07, 6.45) is 2.05. The van der Waals surface area contributed by atoms with Crippen LogP contribution in [0.15, 0.2) is 36.7 Å². The lowest BCUT2D eigenvalue weighted by atomic mass is 9.78. The normalized spacial score (nSPS) is 26.0. The van der Waals surface area contributed by atoms with Crippen molar-refractivity contribution < 1.29 is 24.1 Å². The number of carbonyl (C=O) groups excluding carboxylic acids is 1. The third kappa shape index (κ3) is 4.12. The van der Waals surface area contributed by atoms with E-state index in [0.717, 1.165) is 25.3 Å². The molecule has 0 amide bonds. The molecule has 0 spiro atoms. The highest BCUT2D eigenvalue weighted by atomic mass is 16.5. The van der Waals surface area contributed by atoms with E-state index in [1.54, 1.807) is 31.4 Å². The summed E-state index contributed by atoms with van der Waals surface area (Å²) in [5.41, 5.74) is 0.429. The zero-order valence-corrected chi connectivity index (χ0v) is 16.5. The molecule has 8 nitrogen and oxygen atoms in total. The summed E-state index contributed by atoms with van der Waals surface area (Å²) in [6, 6.07) is 8.70. The first kappa shape index (κ1) is 19.4. The maximum Gasteiger partial charge on any atom is 0.337 e. The molecule has 0 radical (unpaired) electrons. The van der Waals surface area contributed by atoms with Gasteiger partial charge in [-0.05, 0) is 42.9 Å². The van der Waals surface area contributed by atoms with Crippen molar-refractivity contribution >= 4 is 11.8 Å². The van der Waals surface area contributed by atoms with Gasteiger partial charge in [-0.1, -0.05) is 6.07 Å². The van der Waals surface area contributed by atoms with Gasteiger partial charge in [-0.25, -0.2) is 14.8 Å². The van der Waals surface area contributed by atoms with E-state index in [1.807, 2.05) is 6.07 Å². The largest absolute Gasteiger partial charge is 0.488 e. The van der Waals surface area contributed by atoms with Crippen LogP contribution in [0.5, 0.6) is 11.6 Å². The number of hydrogen-bond donors (Lipinski definition) is 1. The molecule has 1 aromatic carbocycles. The Morgan fingerprint density at radius 2 is 1.93 bits per heavy atom. The van der Waals surface area contributed by atoms with Crippen molar-refractivity contribution in [1.29, 1.82) is 0 Å². The van der Waals surface area contributed by atoms with Crippen LogP contribution in [0.2, 0.25) is 0 Å². The monoisotopic (exact) mass is 399 g/mol. The first-order chi connectivity index (χ1) is 14.1. The van der Waals surface area contributed by atoms with Crippen molar-refractivity contribution in [3.8, 4) is 11.6 Å². The Hall–Kier alpha value is -2.87. The number of aliphatic hydroxyl groups excluding tert-OH is 1. The zero-order valence-electron chi connectivity index (χ0n) is 16.5. The SMILES string of the molecule is COC(=O)c1cccc(O[C@@H]2C[C@@H]3CN(c4cc(OC)ncn4)C[C@@H]3C[C@H]2O)c1. The number of carbonyl (C=O) groups is 1. The van der Waals surface area contributed by atoms with Gasteiger partial charge in [0.2, 0.25) is 5.88 Å². The van der Waals surface area contributed by atoms with Crippen LogP contribution in [-0.4, -0.2) is 60.6 Å². The fraction of sp³-hybridized carbons (Fsp3) is 0.476. The molecule has 0 unspecified atom stereocenters. The van der Waals surface area contributed by atoms with Gasteiger partial charge >= 0.3 is 5.97 Å². The molecule has 29 heavy (non-hydrogen) atoms.